The van der Waals surface area contributed by atoms with Crippen LogP contribution in [0.5, 0.6) is 0 Å². The van der Waals surface area contributed by atoms with Gasteiger partial charge < -0.3 is 21.2 Å². The average Bonchev–Trinajstić information content (AvgIpc) is 2.46. The number of hydrogen-bond donors (Lipinski definition) is 4. The van der Waals surface area contributed by atoms with E-state index in [2.05, 4.69) is 5.32 Å². The van der Waals surface area contributed by atoms with Crippen LogP contribution in [0.3, 0.4) is 0 Å². The maximum absolute atomic E-state index is 13.8. The van der Waals surface area contributed by atoms with Crippen LogP contribution in [-0.4, -0.2) is 34.6 Å². The SMILES string of the molecule is CC(C)N(N)/C(=C\N)c1cc(F)cc(C(=O)NCCC(=O)O)c1. The van der Waals surface area contributed by atoms with E-state index in [-0.39, 0.29) is 24.6 Å². The minimum absolute atomic E-state index is 0.0470. The Morgan fingerprint density at radius 1 is 1.35 bits per heavy atom. The van der Waals surface area contributed by atoms with Crippen molar-refractivity contribution in [1.82, 2.24) is 10.3 Å². The second kappa shape index (κ2) is 8.14. The van der Waals surface area contributed by atoms with Crippen molar-refractivity contribution in [3.05, 3.63) is 41.3 Å². The first-order valence-electron chi connectivity index (χ1n) is 7.03. The molecule has 1 rings (SSSR count). The molecule has 1 aromatic carbocycles. The third-order valence-corrected chi connectivity index (χ3v) is 3.07. The lowest BCUT2D eigenvalue weighted by atomic mass is 10.1. The number of carboxylic acid groups (broad SMARTS) is 1. The number of benzene rings is 1. The third kappa shape index (κ3) is 5.26. The van der Waals surface area contributed by atoms with E-state index in [0.29, 0.717) is 11.3 Å². The quantitative estimate of drug-likeness (QED) is 0.436. The van der Waals surface area contributed by atoms with Gasteiger partial charge in [0, 0.05) is 29.9 Å². The first-order valence-corrected chi connectivity index (χ1v) is 7.03. The molecule has 0 atom stereocenters. The molecule has 0 unspecified atom stereocenters. The molecular formula is C15H21FN4O3. The van der Waals surface area contributed by atoms with E-state index in [0.717, 1.165) is 6.07 Å². The first-order chi connectivity index (χ1) is 10.8. The Hall–Kier alpha value is -2.61. The van der Waals surface area contributed by atoms with Crippen molar-refractivity contribution >= 4 is 17.6 Å². The minimum Gasteiger partial charge on any atom is -0.481 e. The van der Waals surface area contributed by atoms with Gasteiger partial charge in [-0.2, -0.15) is 0 Å². The van der Waals surface area contributed by atoms with E-state index >= 15 is 0 Å². The Morgan fingerprint density at radius 2 is 1.96 bits per heavy atom. The van der Waals surface area contributed by atoms with Crippen molar-refractivity contribution in [3.63, 3.8) is 0 Å². The van der Waals surface area contributed by atoms with Crippen molar-refractivity contribution in [2.45, 2.75) is 26.3 Å². The zero-order chi connectivity index (χ0) is 17.6. The molecular weight excluding hydrogens is 303 g/mol. The van der Waals surface area contributed by atoms with Gasteiger partial charge in [-0.1, -0.05) is 0 Å². The lowest BCUT2D eigenvalue weighted by Gasteiger charge is -2.26. The standard InChI is InChI=1S/C15H21FN4O3/c1-9(2)20(18)13(8-17)10-5-11(7-12(16)6-10)15(23)19-4-3-14(21)22/h5-9H,3-4,17-18H2,1-2H3,(H,19,23)(H,21,22)/b13-8-. The highest BCUT2D eigenvalue weighted by Crippen LogP contribution is 2.20. The van der Waals surface area contributed by atoms with Crippen LogP contribution in [0.25, 0.3) is 5.70 Å². The van der Waals surface area contributed by atoms with E-state index in [4.69, 9.17) is 16.7 Å². The summed E-state index contributed by atoms with van der Waals surface area (Å²) in [6, 6.07) is 3.64. The summed E-state index contributed by atoms with van der Waals surface area (Å²) in [5.74, 6) is 3.66. The summed E-state index contributed by atoms with van der Waals surface area (Å²) < 4.78 is 13.8. The highest BCUT2D eigenvalue weighted by molar-refractivity contribution is 5.95. The largest absolute Gasteiger partial charge is 0.481 e. The molecule has 0 aromatic heterocycles. The number of amides is 1. The summed E-state index contributed by atoms with van der Waals surface area (Å²) in [5, 5.41) is 12.3. The van der Waals surface area contributed by atoms with Gasteiger partial charge in [0.25, 0.3) is 5.91 Å². The molecule has 126 valence electrons. The summed E-state index contributed by atoms with van der Waals surface area (Å²) in [7, 11) is 0. The average molecular weight is 324 g/mol. The second-order valence-electron chi connectivity index (χ2n) is 5.18. The lowest BCUT2D eigenvalue weighted by molar-refractivity contribution is -0.136. The third-order valence-electron chi connectivity index (χ3n) is 3.07. The Morgan fingerprint density at radius 3 is 2.48 bits per heavy atom. The van der Waals surface area contributed by atoms with Crippen LogP contribution in [0.15, 0.2) is 24.4 Å². The van der Waals surface area contributed by atoms with Gasteiger partial charge in [0.15, 0.2) is 0 Å². The molecule has 0 bridgehead atoms. The van der Waals surface area contributed by atoms with Gasteiger partial charge in [-0.25, -0.2) is 10.2 Å². The Balaban J connectivity index is 3.03. The van der Waals surface area contributed by atoms with Crippen molar-refractivity contribution in [2.75, 3.05) is 6.54 Å². The van der Waals surface area contributed by atoms with Gasteiger partial charge in [0.2, 0.25) is 0 Å². The highest BCUT2D eigenvalue weighted by Gasteiger charge is 2.15. The van der Waals surface area contributed by atoms with Gasteiger partial charge in [0.05, 0.1) is 12.1 Å². The smallest absolute Gasteiger partial charge is 0.305 e. The number of nitrogens with zero attached hydrogens (tertiary/aromatic N) is 1. The molecule has 23 heavy (non-hydrogen) atoms. The van der Waals surface area contributed by atoms with Crippen LogP contribution < -0.4 is 16.9 Å². The van der Waals surface area contributed by atoms with Crippen molar-refractivity contribution in [2.24, 2.45) is 11.6 Å². The van der Waals surface area contributed by atoms with Gasteiger partial charge >= 0.3 is 5.97 Å². The predicted molar refractivity (Wildman–Crippen MR) is 84.3 cm³/mol. The fraction of sp³-hybridized carbons (Fsp3) is 0.333. The Kier molecular flexibility index (Phi) is 6.52. The van der Waals surface area contributed by atoms with Gasteiger partial charge in [-0.15, -0.1) is 0 Å². The number of nitrogens with two attached hydrogens (primary N) is 2. The van der Waals surface area contributed by atoms with Crippen LogP contribution in [-0.2, 0) is 4.79 Å². The number of hydrazine groups is 1. The summed E-state index contributed by atoms with van der Waals surface area (Å²) in [4.78, 5) is 22.4. The molecule has 0 fully saturated rings. The molecule has 6 N–H and O–H groups in total. The fourth-order valence-electron chi connectivity index (χ4n) is 1.86. The molecule has 0 heterocycles. The molecule has 7 nitrogen and oxygen atoms in total. The lowest BCUT2D eigenvalue weighted by Crippen LogP contribution is -2.36. The van der Waals surface area contributed by atoms with Crippen LogP contribution in [0.2, 0.25) is 0 Å². The topological polar surface area (TPSA) is 122 Å². The zero-order valence-electron chi connectivity index (χ0n) is 13.0. The number of carbonyl (C=O) groups excluding carboxylic acids is 1. The van der Waals surface area contributed by atoms with Crippen molar-refractivity contribution < 1.29 is 19.1 Å². The number of aliphatic carboxylic acids is 1. The highest BCUT2D eigenvalue weighted by atomic mass is 19.1. The van der Waals surface area contributed by atoms with E-state index in [9.17, 15) is 14.0 Å². The maximum Gasteiger partial charge on any atom is 0.305 e. The van der Waals surface area contributed by atoms with Crippen LogP contribution in [0, 0.1) is 5.82 Å². The predicted octanol–water partition coefficient (Wildman–Crippen LogP) is 0.871. The van der Waals surface area contributed by atoms with Gasteiger partial charge in [0.1, 0.15) is 5.82 Å². The second-order valence-corrected chi connectivity index (χ2v) is 5.18. The van der Waals surface area contributed by atoms with Gasteiger partial charge in [-0.3, -0.25) is 9.59 Å². The van der Waals surface area contributed by atoms with E-state index in [1.165, 1.54) is 23.3 Å². The molecule has 1 amide bonds. The van der Waals surface area contributed by atoms with Crippen LogP contribution in [0.4, 0.5) is 4.39 Å². The number of carbonyl (C=O) groups is 2. The maximum atomic E-state index is 13.8. The van der Waals surface area contributed by atoms with Crippen molar-refractivity contribution in [1.29, 1.82) is 0 Å². The minimum atomic E-state index is -1.03. The van der Waals surface area contributed by atoms with Gasteiger partial charge in [-0.05, 0) is 32.0 Å². The molecule has 0 aliphatic rings. The first kappa shape index (κ1) is 18.4. The number of hydrogen-bond acceptors (Lipinski definition) is 5. The van der Waals surface area contributed by atoms with Crippen LogP contribution in [0.1, 0.15) is 36.2 Å². The molecule has 0 aliphatic carbocycles. The number of nitrogens with one attached hydrogen (secondary N) is 1. The molecule has 0 aliphatic heterocycles. The Bertz CT molecular complexity index is 617. The van der Waals surface area contributed by atoms with E-state index in [1.54, 1.807) is 0 Å². The molecule has 0 spiro atoms. The normalized spacial score (nSPS) is 11.4. The van der Waals surface area contributed by atoms with Crippen LogP contribution >= 0.6 is 0 Å². The number of halogens is 1. The van der Waals surface area contributed by atoms with E-state index in [1.807, 2.05) is 13.8 Å². The molecule has 8 heteroatoms. The monoisotopic (exact) mass is 324 g/mol. The summed E-state index contributed by atoms with van der Waals surface area (Å²) >= 11 is 0. The van der Waals surface area contributed by atoms with Crippen molar-refractivity contribution in [3.8, 4) is 0 Å². The Labute approximate surface area is 133 Å². The summed E-state index contributed by atoms with van der Waals surface area (Å²) in [5.41, 5.74) is 6.35. The summed E-state index contributed by atoms with van der Waals surface area (Å²) in [6.07, 6.45) is 1.02. The molecule has 0 saturated heterocycles. The molecule has 1 aromatic rings. The summed E-state index contributed by atoms with van der Waals surface area (Å²) in [6.45, 7) is 3.62. The number of rotatable bonds is 7. The molecule has 0 radical (unpaired) electrons. The fourth-order valence-corrected chi connectivity index (χ4v) is 1.86. The molecule has 0 saturated carbocycles. The number of carboxylic acids is 1. The van der Waals surface area contributed by atoms with E-state index < -0.39 is 17.7 Å². The zero-order valence-corrected chi connectivity index (χ0v) is 13.0.